The monoisotopic (exact) mass is 480 g/mol. The van der Waals surface area contributed by atoms with Gasteiger partial charge in [-0.15, -0.1) is 0 Å². The van der Waals surface area contributed by atoms with E-state index in [1.807, 2.05) is 18.1 Å². The normalized spacial score (nSPS) is 18.3. The van der Waals surface area contributed by atoms with Crippen LogP contribution in [0, 0.1) is 23.7 Å². The number of allylic oxidation sites excluding steroid dienone is 4. The average molecular weight is 479 g/mol. The molecule has 0 nitrogen and oxygen atoms in total. The molecule has 0 N–H and O–H groups in total. The molecule has 1 aliphatic heterocycles. The predicted octanol–water partition coefficient (Wildman–Crippen LogP) is 8.55. The fourth-order valence-electron chi connectivity index (χ4n) is 5.36. The van der Waals surface area contributed by atoms with Crippen molar-refractivity contribution in [2.45, 2.75) is 111 Å². The van der Waals surface area contributed by atoms with Crippen molar-refractivity contribution in [2.24, 2.45) is 23.7 Å². The Morgan fingerprint density at radius 2 is 0.963 bits per heavy atom. The third kappa shape index (κ3) is 6.16. The van der Waals surface area contributed by atoms with Gasteiger partial charge in [-0.1, -0.05) is 0 Å². The summed E-state index contributed by atoms with van der Waals surface area (Å²) in [5, 5.41) is 0. The molecule has 0 aromatic carbocycles. The Morgan fingerprint density at radius 3 is 1.19 bits per heavy atom. The van der Waals surface area contributed by atoms with Crippen LogP contribution in [0.3, 0.4) is 0 Å². The summed E-state index contributed by atoms with van der Waals surface area (Å²) in [6.45, 7) is 25.1. The van der Waals surface area contributed by atoms with E-state index in [2.05, 4.69) is 79.1 Å². The zero-order chi connectivity index (χ0) is 21.1. The van der Waals surface area contributed by atoms with Crippen LogP contribution in [0.4, 0.5) is 0 Å². The molecule has 1 aliphatic rings. The van der Waals surface area contributed by atoms with Gasteiger partial charge < -0.3 is 0 Å². The van der Waals surface area contributed by atoms with Crippen molar-refractivity contribution in [1.82, 2.24) is 0 Å². The molecule has 0 unspecified atom stereocenters. The summed E-state index contributed by atoms with van der Waals surface area (Å²) in [6.07, 6.45) is 5.47. The van der Waals surface area contributed by atoms with Gasteiger partial charge in [0.05, 0.1) is 0 Å². The van der Waals surface area contributed by atoms with E-state index in [0.29, 0.717) is 24.4 Å². The summed E-state index contributed by atoms with van der Waals surface area (Å²) in [7, 11) is 0. The first-order valence-corrected chi connectivity index (χ1v) is 20.3. The summed E-state index contributed by atoms with van der Waals surface area (Å²) in [5.41, 5.74) is 3.76. The second kappa shape index (κ2) is 10.4. The first kappa shape index (κ1) is 25.4. The van der Waals surface area contributed by atoms with Crippen LogP contribution in [-0.4, -0.2) is 25.1 Å². The molecule has 27 heavy (non-hydrogen) atoms. The van der Waals surface area contributed by atoms with Crippen molar-refractivity contribution in [3.8, 4) is 0 Å². The summed E-state index contributed by atoms with van der Waals surface area (Å²) in [4.78, 5) is 5.50. The van der Waals surface area contributed by atoms with Gasteiger partial charge >= 0.3 is 178 Å². The molecule has 0 radical (unpaired) electrons. The molecular formula is C25H49BSn. The minimum atomic E-state index is -2.47. The van der Waals surface area contributed by atoms with E-state index < -0.39 is 18.4 Å². The molecule has 0 aliphatic carbocycles. The average Bonchev–Trinajstić information content (AvgIpc) is 2.49. The summed E-state index contributed by atoms with van der Waals surface area (Å²) in [6, 6.07) is 0. The van der Waals surface area contributed by atoms with Gasteiger partial charge in [-0.2, -0.15) is 0 Å². The Bertz CT molecular complexity index is 503. The molecule has 156 valence electrons. The number of rotatable bonds is 9. The third-order valence-electron chi connectivity index (χ3n) is 6.73. The Morgan fingerprint density at radius 1 is 0.630 bits per heavy atom. The molecule has 0 fully saturated rings. The Balaban J connectivity index is 3.66. The topological polar surface area (TPSA) is 0 Å². The van der Waals surface area contributed by atoms with Crippen molar-refractivity contribution in [2.75, 3.05) is 0 Å². The third-order valence-corrected chi connectivity index (χ3v) is 18.4. The quantitative estimate of drug-likeness (QED) is 0.291. The van der Waals surface area contributed by atoms with Crippen LogP contribution in [-0.2, 0) is 0 Å². The number of hydrogen-bond donors (Lipinski definition) is 0. The molecular weight excluding hydrogens is 430 g/mol. The standard InChI is InChI=1S/C23H43B.2CH3.Sn/c1-17(2)13-11-15-22(19(5)6)24(21(9)10)23(20(7)8)16-12-14-18(3)4;;;/h17-21H,11-14H2,1-10H3;2*1H3;. The molecule has 0 saturated heterocycles. The first-order chi connectivity index (χ1) is 12.3. The van der Waals surface area contributed by atoms with Crippen LogP contribution in [0.1, 0.15) is 94.9 Å². The molecule has 0 saturated carbocycles. The van der Waals surface area contributed by atoms with Crippen LogP contribution >= 0.6 is 0 Å². The van der Waals surface area contributed by atoms with Gasteiger partial charge in [0.15, 0.2) is 0 Å². The van der Waals surface area contributed by atoms with Crippen LogP contribution in [0.2, 0.25) is 15.7 Å². The Labute approximate surface area is 177 Å². The maximum absolute atomic E-state index is 2.75. The molecule has 0 bridgehead atoms. The van der Waals surface area contributed by atoms with Gasteiger partial charge in [-0.3, -0.25) is 0 Å². The predicted molar refractivity (Wildman–Crippen MR) is 130 cm³/mol. The van der Waals surface area contributed by atoms with Crippen molar-refractivity contribution in [1.29, 1.82) is 0 Å². The fourth-order valence-corrected chi connectivity index (χ4v) is 17.4. The van der Waals surface area contributed by atoms with Crippen LogP contribution in [0.5, 0.6) is 0 Å². The van der Waals surface area contributed by atoms with E-state index >= 15 is 0 Å². The van der Waals surface area contributed by atoms with E-state index in [1.165, 1.54) is 25.7 Å². The SMILES string of the molecule is CC(C)CC[C]1=C(C(C)C)B(C(C)C)C(C(C)C)=[C](CCC(C)C)[Sn]1([CH3])[CH3]. The molecule has 2 heteroatoms. The van der Waals surface area contributed by atoms with Crippen molar-refractivity contribution in [3.05, 3.63) is 18.1 Å². The molecule has 0 spiro atoms. The van der Waals surface area contributed by atoms with Gasteiger partial charge in [-0.25, -0.2) is 0 Å². The molecule has 0 aromatic heterocycles. The Kier molecular flexibility index (Phi) is 9.77. The molecule has 0 atom stereocenters. The van der Waals surface area contributed by atoms with Crippen molar-refractivity contribution >= 4 is 25.1 Å². The molecule has 0 aromatic rings. The van der Waals surface area contributed by atoms with Crippen LogP contribution in [0.15, 0.2) is 18.1 Å². The van der Waals surface area contributed by atoms with Gasteiger partial charge in [0.2, 0.25) is 0 Å². The van der Waals surface area contributed by atoms with Gasteiger partial charge in [-0.05, 0) is 0 Å². The summed E-state index contributed by atoms with van der Waals surface area (Å²) >= 11 is -2.47. The van der Waals surface area contributed by atoms with Crippen molar-refractivity contribution in [3.63, 3.8) is 0 Å². The minimum absolute atomic E-state index is 0.691. The zero-order valence-corrected chi connectivity index (χ0v) is 23.6. The Hall–Kier alpha value is 0.344. The van der Waals surface area contributed by atoms with Gasteiger partial charge in [0.1, 0.15) is 0 Å². The zero-order valence-electron chi connectivity index (χ0n) is 20.8. The van der Waals surface area contributed by atoms with Crippen LogP contribution in [0.25, 0.3) is 0 Å². The van der Waals surface area contributed by atoms with E-state index in [4.69, 9.17) is 0 Å². The number of hydrogen-bond acceptors (Lipinski definition) is 0. The summed E-state index contributed by atoms with van der Waals surface area (Å²) in [5.74, 6) is 3.71. The first-order valence-electron chi connectivity index (χ1n) is 11.8. The van der Waals surface area contributed by atoms with Crippen LogP contribution < -0.4 is 0 Å². The molecule has 1 heterocycles. The van der Waals surface area contributed by atoms with Crippen molar-refractivity contribution < 1.29 is 0 Å². The van der Waals surface area contributed by atoms with E-state index in [1.54, 1.807) is 0 Å². The molecule has 1 rings (SSSR count). The fraction of sp³-hybridized carbons (Fsp3) is 0.840. The van der Waals surface area contributed by atoms with Gasteiger partial charge in [0, 0.05) is 0 Å². The second-order valence-electron chi connectivity index (χ2n) is 11.4. The van der Waals surface area contributed by atoms with E-state index in [0.717, 1.165) is 11.8 Å². The second-order valence-corrected chi connectivity index (χ2v) is 24.1. The summed E-state index contributed by atoms with van der Waals surface area (Å²) < 4.78 is 3.99. The van der Waals surface area contributed by atoms with Gasteiger partial charge in [0.25, 0.3) is 0 Å². The van der Waals surface area contributed by atoms with E-state index in [-0.39, 0.29) is 0 Å². The van der Waals surface area contributed by atoms with E-state index in [9.17, 15) is 0 Å². The maximum atomic E-state index is 2.75. The molecule has 0 amide bonds.